The van der Waals surface area contributed by atoms with Gasteiger partial charge in [0.25, 0.3) is 5.91 Å². The number of nitrogens with zero attached hydrogens (tertiary/aromatic N) is 2. The minimum absolute atomic E-state index is 0.0216. The molecular weight excluding hydrogens is 352 g/mol. The molecule has 0 aliphatic heterocycles. The van der Waals surface area contributed by atoms with Crippen molar-refractivity contribution in [3.05, 3.63) is 20.8 Å². The van der Waals surface area contributed by atoms with Gasteiger partial charge in [0.1, 0.15) is 0 Å². The molecule has 116 valence electrons. The van der Waals surface area contributed by atoms with Crippen molar-refractivity contribution in [2.24, 2.45) is 0 Å². The van der Waals surface area contributed by atoms with Gasteiger partial charge in [-0.05, 0) is 40.9 Å². The Morgan fingerprint density at radius 3 is 2.48 bits per heavy atom. The Kier molecular flexibility index (Phi) is 5.81. The van der Waals surface area contributed by atoms with Crippen molar-refractivity contribution < 1.29 is 9.59 Å². The molecule has 0 N–H and O–H groups in total. The number of carbonyl (C=O) groups is 2. The topological polar surface area (TPSA) is 40.6 Å². The van der Waals surface area contributed by atoms with E-state index in [4.69, 9.17) is 0 Å². The van der Waals surface area contributed by atoms with E-state index < -0.39 is 0 Å². The Hall–Kier alpha value is -0.880. The molecule has 0 unspecified atom stereocenters. The van der Waals surface area contributed by atoms with Gasteiger partial charge in [-0.15, -0.1) is 11.3 Å². The van der Waals surface area contributed by atoms with Crippen LogP contribution in [0.25, 0.3) is 0 Å². The zero-order chi connectivity index (χ0) is 15.4. The Balaban J connectivity index is 1.90. The lowest BCUT2D eigenvalue weighted by Crippen LogP contribution is -2.44. The first-order chi connectivity index (χ1) is 9.99. The smallest absolute Gasteiger partial charge is 0.264 e. The summed E-state index contributed by atoms with van der Waals surface area (Å²) in [5.74, 6) is -0.0792. The van der Waals surface area contributed by atoms with E-state index in [1.807, 2.05) is 18.0 Å². The number of amides is 2. The predicted molar refractivity (Wildman–Crippen MR) is 88.6 cm³/mol. The van der Waals surface area contributed by atoms with E-state index in [1.165, 1.54) is 35.5 Å². The van der Waals surface area contributed by atoms with Gasteiger partial charge in [0.2, 0.25) is 5.91 Å². The van der Waals surface area contributed by atoms with Crippen LogP contribution >= 0.6 is 27.3 Å². The number of likely N-dealkylation sites (N-methyl/N-ethyl adjacent to an activating group) is 2. The first-order valence-corrected chi connectivity index (χ1v) is 8.86. The standard InChI is InChI=1S/C15H21BrN2O2S/c1-17(15(20)12-8-9-13(16)21-12)10-14(19)18(2)11-6-4-3-5-7-11/h8-9,11H,3-7,10H2,1-2H3. The van der Waals surface area contributed by atoms with Crippen LogP contribution in [0.5, 0.6) is 0 Å². The van der Waals surface area contributed by atoms with E-state index in [0.29, 0.717) is 10.9 Å². The summed E-state index contributed by atoms with van der Waals surface area (Å²) in [4.78, 5) is 28.5. The summed E-state index contributed by atoms with van der Waals surface area (Å²) in [5.41, 5.74) is 0. The maximum Gasteiger partial charge on any atom is 0.264 e. The van der Waals surface area contributed by atoms with Gasteiger partial charge >= 0.3 is 0 Å². The maximum atomic E-state index is 12.3. The summed E-state index contributed by atoms with van der Waals surface area (Å²) in [6.07, 6.45) is 5.82. The first-order valence-electron chi connectivity index (χ1n) is 7.25. The lowest BCUT2D eigenvalue weighted by molar-refractivity contribution is -0.133. The van der Waals surface area contributed by atoms with Gasteiger partial charge in [-0.1, -0.05) is 19.3 Å². The lowest BCUT2D eigenvalue weighted by Gasteiger charge is -2.32. The fourth-order valence-corrected chi connectivity index (χ4v) is 4.06. The van der Waals surface area contributed by atoms with Crippen LogP contribution in [-0.2, 0) is 4.79 Å². The minimum Gasteiger partial charge on any atom is -0.341 e. The van der Waals surface area contributed by atoms with Gasteiger partial charge in [-0.25, -0.2) is 0 Å². The molecular formula is C15H21BrN2O2S. The molecule has 21 heavy (non-hydrogen) atoms. The van der Waals surface area contributed by atoms with Crippen molar-refractivity contribution in [2.75, 3.05) is 20.6 Å². The van der Waals surface area contributed by atoms with Crippen LogP contribution in [0, 0.1) is 0 Å². The highest BCUT2D eigenvalue weighted by Gasteiger charge is 2.24. The van der Waals surface area contributed by atoms with Gasteiger partial charge < -0.3 is 9.80 Å². The molecule has 2 amide bonds. The fourth-order valence-electron chi connectivity index (χ4n) is 2.68. The van der Waals surface area contributed by atoms with Gasteiger partial charge in [-0.3, -0.25) is 9.59 Å². The molecule has 1 saturated carbocycles. The minimum atomic E-state index is -0.101. The normalized spacial score (nSPS) is 15.8. The van der Waals surface area contributed by atoms with Gasteiger partial charge in [0, 0.05) is 20.1 Å². The van der Waals surface area contributed by atoms with Crippen molar-refractivity contribution in [3.8, 4) is 0 Å². The maximum absolute atomic E-state index is 12.3. The van der Waals surface area contributed by atoms with Crippen LogP contribution in [0.2, 0.25) is 0 Å². The molecule has 0 spiro atoms. The van der Waals surface area contributed by atoms with E-state index in [0.717, 1.165) is 16.6 Å². The zero-order valence-electron chi connectivity index (χ0n) is 12.5. The monoisotopic (exact) mass is 372 g/mol. The molecule has 4 nitrogen and oxygen atoms in total. The van der Waals surface area contributed by atoms with Crippen molar-refractivity contribution >= 4 is 39.1 Å². The van der Waals surface area contributed by atoms with Gasteiger partial charge in [0.05, 0.1) is 15.2 Å². The Bertz CT molecular complexity index is 512. The number of rotatable bonds is 4. The average Bonchev–Trinajstić information content (AvgIpc) is 2.93. The predicted octanol–water partition coefficient (Wildman–Crippen LogP) is 3.37. The Labute approximate surface area is 138 Å². The number of halogens is 1. The van der Waals surface area contributed by atoms with E-state index in [9.17, 15) is 9.59 Å². The molecule has 1 aliphatic carbocycles. The van der Waals surface area contributed by atoms with Gasteiger partial charge in [0.15, 0.2) is 0 Å². The highest BCUT2D eigenvalue weighted by molar-refractivity contribution is 9.11. The molecule has 0 radical (unpaired) electrons. The number of carbonyl (C=O) groups excluding carboxylic acids is 2. The fraction of sp³-hybridized carbons (Fsp3) is 0.600. The third-order valence-electron chi connectivity index (χ3n) is 4.02. The molecule has 1 heterocycles. The van der Waals surface area contributed by atoms with Crippen LogP contribution in [0.3, 0.4) is 0 Å². The van der Waals surface area contributed by atoms with Crippen molar-refractivity contribution in [2.45, 2.75) is 38.1 Å². The van der Waals surface area contributed by atoms with E-state index in [-0.39, 0.29) is 18.4 Å². The van der Waals surface area contributed by atoms with Crippen LogP contribution in [-0.4, -0.2) is 48.3 Å². The quantitative estimate of drug-likeness (QED) is 0.812. The summed E-state index contributed by atoms with van der Waals surface area (Å²) in [5, 5.41) is 0. The van der Waals surface area contributed by atoms with Crippen molar-refractivity contribution in [3.63, 3.8) is 0 Å². The highest BCUT2D eigenvalue weighted by Crippen LogP contribution is 2.24. The summed E-state index contributed by atoms with van der Waals surface area (Å²) >= 11 is 4.74. The van der Waals surface area contributed by atoms with Crippen LogP contribution < -0.4 is 0 Å². The molecule has 0 saturated heterocycles. The van der Waals surface area contributed by atoms with Crippen LogP contribution in [0.1, 0.15) is 41.8 Å². The zero-order valence-corrected chi connectivity index (χ0v) is 14.9. The van der Waals surface area contributed by atoms with Crippen molar-refractivity contribution in [1.29, 1.82) is 0 Å². The highest BCUT2D eigenvalue weighted by atomic mass is 79.9. The lowest BCUT2D eigenvalue weighted by atomic mass is 9.94. The SMILES string of the molecule is CN(CC(=O)N(C)C1CCCCC1)C(=O)c1ccc(Br)s1. The van der Waals surface area contributed by atoms with Crippen LogP contribution in [0.4, 0.5) is 0 Å². The number of hydrogen-bond donors (Lipinski definition) is 0. The number of hydrogen-bond acceptors (Lipinski definition) is 3. The average molecular weight is 373 g/mol. The molecule has 0 atom stereocenters. The molecule has 1 aromatic heterocycles. The summed E-state index contributed by atoms with van der Waals surface area (Å²) in [6, 6.07) is 3.97. The molecule has 1 aromatic rings. The summed E-state index contributed by atoms with van der Waals surface area (Å²) in [6.45, 7) is 0.140. The molecule has 6 heteroatoms. The third kappa shape index (κ3) is 4.30. The van der Waals surface area contributed by atoms with E-state index in [2.05, 4.69) is 15.9 Å². The molecule has 0 aromatic carbocycles. The Morgan fingerprint density at radius 1 is 1.24 bits per heavy atom. The molecule has 0 bridgehead atoms. The molecule has 1 fully saturated rings. The third-order valence-corrected chi connectivity index (χ3v) is 5.63. The second-order valence-corrected chi connectivity index (χ2v) is 8.02. The largest absolute Gasteiger partial charge is 0.341 e. The molecule has 2 rings (SSSR count). The molecule has 1 aliphatic rings. The first kappa shape index (κ1) is 16.5. The van der Waals surface area contributed by atoms with Crippen LogP contribution in [0.15, 0.2) is 15.9 Å². The Morgan fingerprint density at radius 2 is 1.90 bits per heavy atom. The number of thiophene rings is 1. The van der Waals surface area contributed by atoms with E-state index >= 15 is 0 Å². The van der Waals surface area contributed by atoms with Gasteiger partial charge in [-0.2, -0.15) is 0 Å². The van der Waals surface area contributed by atoms with Crippen molar-refractivity contribution in [1.82, 2.24) is 9.80 Å². The van der Waals surface area contributed by atoms with E-state index in [1.54, 1.807) is 13.1 Å². The summed E-state index contributed by atoms with van der Waals surface area (Å²) in [7, 11) is 3.54. The summed E-state index contributed by atoms with van der Waals surface area (Å²) < 4.78 is 0.921. The second kappa shape index (κ2) is 7.40. The second-order valence-electron chi connectivity index (χ2n) is 5.56.